The Kier molecular flexibility index (Phi) is 8.67. The summed E-state index contributed by atoms with van der Waals surface area (Å²) in [6.45, 7) is -0.0426. The van der Waals surface area contributed by atoms with Crippen LogP contribution in [-0.2, 0) is 16.1 Å². The van der Waals surface area contributed by atoms with E-state index in [4.69, 9.17) is 15.6 Å². The maximum atomic E-state index is 11.0. The second-order valence-electron chi connectivity index (χ2n) is 5.17. The Balaban J connectivity index is 0.000000287. The molecule has 2 amide bonds. The van der Waals surface area contributed by atoms with Crippen LogP contribution in [0.1, 0.15) is 37.7 Å². The summed E-state index contributed by atoms with van der Waals surface area (Å²) in [5.41, 5.74) is 5.72. The number of carbonyl (C=O) groups is 2. The highest BCUT2D eigenvalue weighted by atomic mass is 16.5. The molecule has 0 bridgehead atoms. The van der Waals surface area contributed by atoms with Crippen LogP contribution in [0.2, 0.25) is 0 Å². The summed E-state index contributed by atoms with van der Waals surface area (Å²) >= 11 is 0. The summed E-state index contributed by atoms with van der Waals surface area (Å²) in [6.07, 6.45) is 5.27. The van der Waals surface area contributed by atoms with Gasteiger partial charge in [0.1, 0.15) is 6.61 Å². The third kappa shape index (κ3) is 8.97. The lowest BCUT2D eigenvalue weighted by molar-refractivity contribution is -0.117. The van der Waals surface area contributed by atoms with E-state index in [0.717, 1.165) is 18.4 Å². The van der Waals surface area contributed by atoms with E-state index in [-0.39, 0.29) is 19.3 Å². The average Bonchev–Trinajstić information content (AvgIpc) is 2.53. The van der Waals surface area contributed by atoms with Crippen LogP contribution in [0.4, 0.5) is 4.79 Å². The normalized spacial score (nSPS) is 14.4. The maximum Gasteiger partial charge on any atom is 0.407 e. The monoisotopic (exact) mass is 308 g/mol. The fourth-order valence-electron chi connectivity index (χ4n) is 2.01. The van der Waals surface area contributed by atoms with Crippen LogP contribution in [0.25, 0.3) is 0 Å². The van der Waals surface area contributed by atoms with E-state index < -0.39 is 12.0 Å². The standard InChI is InChI=1S/C10H12N2O3.C6H12O/c11-9(13)6-12-10(14)15-7-8-4-2-1-3-5-8;7-6-4-2-1-3-5-6/h1-5H,6-7H2,(H2,11,13)(H,12,14);6-7H,1-5H2. The molecule has 6 nitrogen and oxygen atoms in total. The van der Waals surface area contributed by atoms with Crippen LogP contribution in [0.5, 0.6) is 0 Å². The summed E-state index contributed by atoms with van der Waals surface area (Å²) < 4.78 is 4.82. The van der Waals surface area contributed by atoms with Gasteiger partial charge in [-0.3, -0.25) is 4.79 Å². The van der Waals surface area contributed by atoms with Crippen LogP contribution >= 0.6 is 0 Å². The number of alkyl carbamates (subject to hydrolysis) is 1. The molecule has 0 atom stereocenters. The number of ether oxygens (including phenoxy) is 1. The highest BCUT2D eigenvalue weighted by Crippen LogP contribution is 2.16. The Morgan fingerprint density at radius 1 is 1.18 bits per heavy atom. The largest absolute Gasteiger partial charge is 0.445 e. The molecule has 0 spiro atoms. The van der Waals surface area contributed by atoms with Crippen LogP contribution in [-0.4, -0.2) is 29.8 Å². The lowest BCUT2D eigenvalue weighted by atomic mass is 9.98. The van der Waals surface area contributed by atoms with Gasteiger partial charge in [0, 0.05) is 0 Å². The van der Waals surface area contributed by atoms with Gasteiger partial charge in [0.05, 0.1) is 12.6 Å². The van der Waals surface area contributed by atoms with Crippen molar-refractivity contribution in [3.8, 4) is 0 Å². The number of hydrogen-bond acceptors (Lipinski definition) is 4. The molecule has 0 unspecified atom stereocenters. The summed E-state index contributed by atoms with van der Waals surface area (Å²) in [5.74, 6) is -0.605. The second kappa shape index (κ2) is 10.6. The highest BCUT2D eigenvalue weighted by Gasteiger charge is 2.07. The van der Waals surface area contributed by atoms with Gasteiger partial charge in [-0.2, -0.15) is 0 Å². The van der Waals surface area contributed by atoms with E-state index in [2.05, 4.69) is 5.32 Å². The van der Waals surface area contributed by atoms with E-state index in [1.807, 2.05) is 30.3 Å². The molecule has 0 heterocycles. The number of amides is 2. The molecule has 1 aliphatic carbocycles. The van der Waals surface area contributed by atoms with Crippen LogP contribution in [0.15, 0.2) is 30.3 Å². The first-order valence-electron chi connectivity index (χ1n) is 7.49. The van der Waals surface area contributed by atoms with E-state index in [1.165, 1.54) is 19.3 Å². The summed E-state index contributed by atoms with van der Waals surface area (Å²) in [5, 5.41) is 11.1. The van der Waals surface area contributed by atoms with Gasteiger partial charge in [0.25, 0.3) is 0 Å². The fourth-order valence-corrected chi connectivity index (χ4v) is 2.01. The summed E-state index contributed by atoms with van der Waals surface area (Å²) in [6, 6.07) is 9.24. The number of carbonyl (C=O) groups excluding carboxylic acids is 2. The van der Waals surface area contributed by atoms with Crippen LogP contribution in [0.3, 0.4) is 0 Å². The van der Waals surface area contributed by atoms with Gasteiger partial charge in [0.2, 0.25) is 5.91 Å². The fraction of sp³-hybridized carbons (Fsp3) is 0.500. The van der Waals surface area contributed by atoms with Crippen molar-refractivity contribution < 1.29 is 19.4 Å². The minimum atomic E-state index is -0.655. The Bertz CT molecular complexity index is 445. The topological polar surface area (TPSA) is 102 Å². The van der Waals surface area contributed by atoms with E-state index in [9.17, 15) is 9.59 Å². The Hall–Kier alpha value is -2.08. The molecular formula is C16H24N2O4. The van der Waals surface area contributed by atoms with E-state index in [0.29, 0.717) is 0 Å². The zero-order valence-corrected chi connectivity index (χ0v) is 12.7. The van der Waals surface area contributed by atoms with Gasteiger partial charge >= 0.3 is 6.09 Å². The molecule has 122 valence electrons. The van der Waals surface area contributed by atoms with Gasteiger partial charge in [0.15, 0.2) is 0 Å². The highest BCUT2D eigenvalue weighted by molar-refractivity contribution is 5.80. The minimum absolute atomic E-state index is 0.0359. The van der Waals surface area contributed by atoms with Crippen molar-refractivity contribution in [3.63, 3.8) is 0 Å². The third-order valence-electron chi connectivity index (χ3n) is 3.19. The first kappa shape index (κ1) is 18.0. The second-order valence-corrected chi connectivity index (χ2v) is 5.17. The smallest absolute Gasteiger partial charge is 0.407 e. The van der Waals surface area contributed by atoms with Crippen LogP contribution < -0.4 is 11.1 Å². The van der Waals surface area contributed by atoms with Crippen LogP contribution in [0, 0.1) is 0 Å². The number of rotatable bonds is 4. The molecule has 6 heteroatoms. The number of nitrogens with two attached hydrogens (primary N) is 1. The van der Waals surface area contributed by atoms with Gasteiger partial charge in [-0.05, 0) is 18.4 Å². The first-order chi connectivity index (χ1) is 10.6. The summed E-state index contributed by atoms with van der Waals surface area (Å²) in [4.78, 5) is 21.3. The molecular weight excluding hydrogens is 284 g/mol. The predicted octanol–water partition coefficient (Wildman–Crippen LogP) is 1.71. The van der Waals surface area contributed by atoms with Gasteiger partial charge in [-0.25, -0.2) is 4.79 Å². The number of nitrogens with one attached hydrogen (secondary N) is 1. The molecule has 1 fully saturated rings. The molecule has 4 N–H and O–H groups in total. The zero-order chi connectivity index (χ0) is 16.2. The van der Waals surface area contributed by atoms with Crippen molar-refractivity contribution in [2.24, 2.45) is 5.73 Å². The van der Waals surface area contributed by atoms with Gasteiger partial charge < -0.3 is 20.9 Å². The first-order valence-corrected chi connectivity index (χ1v) is 7.49. The Morgan fingerprint density at radius 3 is 2.32 bits per heavy atom. The van der Waals surface area contributed by atoms with Gasteiger partial charge in [-0.1, -0.05) is 49.6 Å². The molecule has 1 aromatic rings. The van der Waals surface area contributed by atoms with Crippen molar-refractivity contribution in [2.45, 2.75) is 44.8 Å². The minimum Gasteiger partial charge on any atom is -0.445 e. The Morgan fingerprint density at radius 2 is 1.82 bits per heavy atom. The number of primary amides is 1. The Labute approximate surface area is 130 Å². The zero-order valence-electron chi connectivity index (χ0n) is 12.7. The molecule has 0 saturated heterocycles. The quantitative estimate of drug-likeness (QED) is 0.788. The van der Waals surface area contributed by atoms with Crippen molar-refractivity contribution in [3.05, 3.63) is 35.9 Å². The lowest BCUT2D eigenvalue weighted by Gasteiger charge is -2.14. The van der Waals surface area contributed by atoms with Gasteiger partial charge in [-0.15, -0.1) is 0 Å². The molecule has 0 radical (unpaired) electrons. The van der Waals surface area contributed by atoms with Crippen molar-refractivity contribution in [1.29, 1.82) is 0 Å². The molecule has 2 rings (SSSR count). The van der Waals surface area contributed by atoms with Crippen molar-refractivity contribution in [1.82, 2.24) is 5.32 Å². The SMILES string of the molecule is NC(=O)CNC(=O)OCc1ccccc1.OC1CCCCC1. The maximum absolute atomic E-state index is 11.0. The molecule has 0 aliphatic heterocycles. The predicted molar refractivity (Wildman–Crippen MR) is 82.9 cm³/mol. The molecule has 1 saturated carbocycles. The number of hydrogen-bond donors (Lipinski definition) is 3. The third-order valence-corrected chi connectivity index (χ3v) is 3.19. The molecule has 22 heavy (non-hydrogen) atoms. The van der Waals surface area contributed by atoms with Crippen molar-refractivity contribution in [2.75, 3.05) is 6.54 Å². The average molecular weight is 308 g/mol. The molecule has 1 aliphatic rings. The molecule has 1 aromatic carbocycles. The number of aliphatic hydroxyl groups is 1. The summed E-state index contributed by atoms with van der Waals surface area (Å²) in [7, 11) is 0. The van der Waals surface area contributed by atoms with Crippen molar-refractivity contribution >= 4 is 12.0 Å². The number of benzene rings is 1. The molecule has 0 aromatic heterocycles. The van der Waals surface area contributed by atoms with E-state index >= 15 is 0 Å². The van der Waals surface area contributed by atoms with E-state index in [1.54, 1.807) is 0 Å². The number of aliphatic hydroxyl groups excluding tert-OH is 1. The lowest BCUT2D eigenvalue weighted by Crippen LogP contribution is -2.33.